The number of hydrogen-bond acceptors (Lipinski definition) is 4. The minimum atomic E-state index is -0.721. The zero-order valence-corrected chi connectivity index (χ0v) is 14.4. The molecule has 6 nitrogen and oxygen atoms in total. The number of aromatic nitrogens is 5. The molecule has 8 heteroatoms. The van der Waals surface area contributed by atoms with Gasteiger partial charge in [-0.25, -0.2) is 13.8 Å². The molecule has 0 aliphatic heterocycles. The molecule has 0 radical (unpaired) electrons. The number of aryl methyl sites for hydroxylation is 2. The van der Waals surface area contributed by atoms with Gasteiger partial charge in [-0.15, -0.1) is 0 Å². The van der Waals surface area contributed by atoms with Crippen LogP contribution in [0.4, 0.5) is 8.78 Å². The highest BCUT2D eigenvalue weighted by Crippen LogP contribution is 2.36. The smallest absolute Gasteiger partial charge is 0.144 e. The summed E-state index contributed by atoms with van der Waals surface area (Å²) in [6.45, 7) is 1.71. The van der Waals surface area contributed by atoms with E-state index in [0.717, 1.165) is 17.6 Å². The van der Waals surface area contributed by atoms with Crippen molar-refractivity contribution in [1.29, 1.82) is 0 Å². The normalized spacial score (nSPS) is 11.3. The first-order valence-electron chi connectivity index (χ1n) is 7.85. The Bertz CT molecular complexity index is 1110. The van der Waals surface area contributed by atoms with Crippen LogP contribution in [0, 0.1) is 18.6 Å². The molecule has 26 heavy (non-hydrogen) atoms. The zero-order chi connectivity index (χ0) is 18.4. The Labute approximate surface area is 147 Å². The van der Waals surface area contributed by atoms with Crippen molar-refractivity contribution < 1.29 is 13.5 Å². The lowest BCUT2D eigenvalue weighted by Crippen LogP contribution is -2.04. The van der Waals surface area contributed by atoms with E-state index in [4.69, 9.17) is 4.74 Å². The summed E-state index contributed by atoms with van der Waals surface area (Å²) in [7, 11) is 3.08. The van der Waals surface area contributed by atoms with Crippen molar-refractivity contribution in [2.75, 3.05) is 7.11 Å². The molecule has 0 aliphatic rings. The molecule has 0 N–H and O–H groups in total. The van der Waals surface area contributed by atoms with Crippen LogP contribution in [0.5, 0.6) is 5.75 Å². The van der Waals surface area contributed by atoms with E-state index in [1.807, 2.05) is 0 Å². The van der Waals surface area contributed by atoms with E-state index in [1.54, 1.807) is 48.0 Å². The van der Waals surface area contributed by atoms with E-state index in [1.165, 1.54) is 7.11 Å². The molecule has 0 unspecified atom stereocenters. The van der Waals surface area contributed by atoms with Gasteiger partial charge in [0.15, 0.2) is 0 Å². The Morgan fingerprint density at radius 2 is 1.85 bits per heavy atom. The Morgan fingerprint density at radius 1 is 1.12 bits per heavy atom. The molecule has 0 saturated carbocycles. The number of benzene rings is 1. The molecule has 0 amide bonds. The van der Waals surface area contributed by atoms with E-state index in [9.17, 15) is 8.78 Å². The Morgan fingerprint density at radius 3 is 2.54 bits per heavy atom. The number of ether oxygens (including phenoxy) is 1. The van der Waals surface area contributed by atoms with Crippen molar-refractivity contribution >= 4 is 11.0 Å². The molecule has 1 aromatic carbocycles. The van der Waals surface area contributed by atoms with Crippen LogP contribution in [0.25, 0.3) is 28.0 Å². The van der Waals surface area contributed by atoms with Gasteiger partial charge in [-0.3, -0.25) is 14.2 Å². The first-order chi connectivity index (χ1) is 12.5. The number of methoxy groups -OCH3 is 1. The van der Waals surface area contributed by atoms with Crippen molar-refractivity contribution in [3.8, 4) is 22.7 Å². The summed E-state index contributed by atoms with van der Waals surface area (Å²) >= 11 is 0. The van der Waals surface area contributed by atoms with Crippen LogP contribution >= 0.6 is 0 Å². The van der Waals surface area contributed by atoms with E-state index in [-0.39, 0.29) is 11.3 Å². The molecule has 0 spiro atoms. The number of halogens is 2. The van der Waals surface area contributed by atoms with E-state index in [0.29, 0.717) is 22.6 Å². The van der Waals surface area contributed by atoms with Crippen molar-refractivity contribution in [3.63, 3.8) is 0 Å². The van der Waals surface area contributed by atoms with Crippen LogP contribution in [0.3, 0.4) is 0 Å². The fourth-order valence-electron chi connectivity index (χ4n) is 3.15. The summed E-state index contributed by atoms with van der Waals surface area (Å²) in [5.74, 6) is -0.825. The van der Waals surface area contributed by atoms with E-state index < -0.39 is 11.6 Å². The van der Waals surface area contributed by atoms with Gasteiger partial charge in [0.05, 0.1) is 41.2 Å². The molecule has 0 atom stereocenters. The first-order valence-corrected chi connectivity index (χ1v) is 7.85. The monoisotopic (exact) mass is 355 g/mol. The molecular weight excluding hydrogens is 340 g/mol. The second-order valence-corrected chi connectivity index (χ2v) is 5.85. The van der Waals surface area contributed by atoms with Crippen molar-refractivity contribution in [2.24, 2.45) is 7.05 Å². The standard InChI is InChI=1S/C18H15F2N5O/c1-10-16(17-12(19)6-11(26-3)7-13(17)20)18(24(2)23-10)25-9-22-14-4-5-21-8-15(14)25/h4-9H,1-3H3. The number of pyridine rings is 1. The van der Waals surface area contributed by atoms with Crippen LogP contribution in [-0.4, -0.2) is 31.4 Å². The molecular formula is C18H15F2N5O. The van der Waals surface area contributed by atoms with Gasteiger partial charge < -0.3 is 4.74 Å². The van der Waals surface area contributed by atoms with Gasteiger partial charge in [-0.05, 0) is 13.0 Å². The van der Waals surface area contributed by atoms with Gasteiger partial charge in [0.2, 0.25) is 0 Å². The van der Waals surface area contributed by atoms with Crippen molar-refractivity contribution in [1.82, 2.24) is 24.3 Å². The third-order valence-electron chi connectivity index (χ3n) is 4.27. The maximum Gasteiger partial charge on any atom is 0.144 e. The van der Waals surface area contributed by atoms with Crippen molar-refractivity contribution in [2.45, 2.75) is 6.92 Å². The molecule has 0 fully saturated rings. The molecule has 4 rings (SSSR count). The van der Waals surface area contributed by atoms with Gasteiger partial charge in [0.1, 0.15) is 29.5 Å². The average Bonchev–Trinajstić information content (AvgIpc) is 3.15. The minimum absolute atomic E-state index is 0.115. The molecule has 0 aliphatic carbocycles. The lowest BCUT2D eigenvalue weighted by molar-refractivity contribution is 0.407. The fourth-order valence-corrected chi connectivity index (χ4v) is 3.15. The largest absolute Gasteiger partial charge is 0.497 e. The fraction of sp³-hybridized carbons (Fsp3) is 0.167. The predicted octanol–water partition coefficient (Wildman–Crippen LogP) is 3.42. The molecule has 132 valence electrons. The number of hydrogen-bond donors (Lipinski definition) is 0. The van der Waals surface area contributed by atoms with Crippen LogP contribution in [0.15, 0.2) is 36.9 Å². The summed E-state index contributed by atoms with van der Waals surface area (Å²) in [4.78, 5) is 8.44. The summed E-state index contributed by atoms with van der Waals surface area (Å²) in [6, 6.07) is 4.08. The van der Waals surface area contributed by atoms with Crippen LogP contribution < -0.4 is 4.74 Å². The SMILES string of the molecule is COc1cc(F)c(-c2c(C)nn(C)c2-n2cnc3ccncc32)c(F)c1. The second-order valence-electron chi connectivity index (χ2n) is 5.85. The quantitative estimate of drug-likeness (QED) is 0.565. The molecule has 3 heterocycles. The summed E-state index contributed by atoms with van der Waals surface area (Å²) < 4.78 is 37.7. The lowest BCUT2D eigenvalue weighted by atomic mass is 10.0. The Hall–Kier alpha value is -3.29. The van der Waals surface area contributed by atoms with Gasteiger partial charge in [0, 0.05) is 25.4 Å². The molecule has 4 aromatic rings. The van der Waals surface area contributed by atoms with Crippen LogP contribution in [0.1, 0.15) is 5.69 Å². The Kier molecular flexibility index (Phi) is 3.68. The van der Waals surface area contributed by atoms with Gasteiger partial charge in [-0.1, -0.05) is 0 Å². The highest BCUT2D eigenvalue weighted by atomic mass is 19.1. The van der Waals surface area contributed by atoms with Crippen LogP contribution in [-0.2, 0) is 7.05 Å². The number of fused-ring (bicyclic) bond motifs is 1. The summed E-state index contributed by atoms with van der Waals surface area (Å²) in [5.41, 5.74) is 2.13. The predicted molar refractivity (Wildman–Crippen MR) is 92.3 cm³/mol. The third kappa shape index (κ3) is 2.33. The van der Waals surface area contributed by atoms with Gasteiger partial charge in [-0.2, -0.15) is 5.10 Å². The topological polar surface area (TPSA) is 57.8 Å². The van der Waals surface area contributed by atoms with E-state index >= 15 is 0 Å². The zero-order valence-electron chi connectivity index (χ0n) is 14.4. The van der Waals surface area contributed by atoms with Gasteiger partial charge in [0.25, 0.3) is 0 Å². The molecule has 3 aromatic heterocycles. The second kappa shape index (κ2) is 5.91. The Balaban J connectivity index is 2.04. The highest BCUT2D eigenvalue weighted by Gasteiger charge is 2.24. The molecule has 0 bridgehead atoms. The average molecular weight is 355 g/mol. The third-order valence-corrected chi connectivity index (χ3v) is 4.27. The maximum atomic E-state index is 14.7. The van der Waals surface area contributed by atoms with Crippen molar-refractivity contribution in [3.05, 3.63) is 54.2 Å². The number of nitrogens with zero attached hydrogens (tertiary/aromatic N) is 5. The number of rotatable bonds is 3. The van der Waals surface area contributed by atoms with E-state index in [2.05, 4.69) is 15.1 Å². The maximum absolute atomic E-state index is 14.7. The lowest BCUT2D eigenvalue weighted by Gasteiger charge is -2.11. The molecule has 0 saturated heterocycles. The minimum Gasteiger partial charge on any atom is -0.497 e. The first kappa shape index (κ1) is 16.2. The van der Waals surface area contributed by atoms with Crippen LogP contribution in [0.2, 0.25) is 0 Å². The summed E-state index contributed by atoms with van der Waals surface area (Å²) in [6.07, 6.45) is 4.87. The summed E-state index contributed by atoms with van der Waals surface area (Å²) in [5, 5.41) is 4.36. The highest BCUT2D eigenvalue weighted by molar-refractivity contribution is 5.81. The number of imidazole rings is 1. The van der Waals surface area contributed by atoms with Gasteiger partial charge >= 0.3 is 0 Å².